The van der Waals surface area contributed by atoms with Crippen LogP contribution in [-0.4, -0.2) is 39.0 Å². The quantitative estimate of drug-likeness (QED) is 0.687. The van der Waals surface area contributed by atoms with Crippen molar-refractivity contribution in [1.29, 1.82) is 0 Å². The molecule has 0 saturated carbocycles. The highest BCUT2D eigenvalue weighted by atomic mass is 32.2. The van der Waals surface area contributed by atoms with Crippen LogP contribution in [0.4, 0.5) is 0 Å². The van der Waals surface area contributed by atoms with E-state index in [1.165, 1.54) is 43.4 Å². The van der Waals surface area contributed by atoms with Crippen LogP contribution in [0.15, 0.2) is 58.9 Å². The highest BCUT2D eigenvalue weighted by Gasteiger charge is 2.25. The smallest absolute Gasteiger partial charge is 0.103 e. The van der Waals surface area contributed by atoms with Gasteiger partial charge in [-0.05, 0) is 62.1 Å². The van der Waals surface area contributed by atoms with Gasteiger partial charge in [-0.25, -0.2) is 9.97 Å². The number of hydrogen-bond acceptors (Lipinski definition) is 4. The Bertz CT molecular complexity index is 963. The number of nitrogens with zero attached hydrogens (tertiary/aromatic N) is 3. The lowest BCUT2D eigenvalue weighted by Gasteiger charge is -2.33. The first-order valence-corrected chi connectivity index (χ1v) is 10.7. The Morgan fingerprint density at radius 1 is 1.07 bits per heavy atom. The van der Waals surface area contributed by atoms with Crippen LogP contribution in [0.3, 0.4) is 0 Å². The van der Waals surface area contributed by atoms with E-state index in [0.717, 1.165) is 40.1 Å². The Morgan fingerprint density at radius 2 is 2.07 bits per heavy atom. The normalized spacial score (nSPS) is 20.9. The lowest BCUT2D eigenvalue weighted by molar-refractivity contribution is 0.161. The molecule has 1 saturated heterocycles. The van der Waals surface area contributed by atoms with Gasteiger partial charge in [-0.15, -0.1) is 0 Å². The number of aromatic nitrogens is 3. The molecule has 0 radical (unpaired) electrons. The van der Waals surface area contributed by atoms with Crippen molar-refractivity contribution in [1.82, 2.24) is 19.9 Å². The van der Waals surface area contributed by atoms with E-state index >= 15 is 0 Å². The predicted molar refractivity (Wildman–Crippen MR) is 111 cm³/mol. The molecule has 3 aromatic heterocycles. The summed E-state index contributed by atoms with van der Waals surface area (Å²) in [6.07, 6.45) is 12.9. The summed E-state index contributed by atoms with van der Waals surface area (Å²) in [7, 11) is 0. The van der Waals surface area contributed by atoms with Gasteiger partial charge in [-0.3, -0.25) is 4.90 Å². The maximum Gasteiger partial charge on any atom is 0.103 e. The maximum atomic E-state index is 4.96. The second-order valence-corrected chi connectivity index (χ2v) is 8.47. The highest BCUT2D eigenvalue weighted by molar-refractivity contribution is 7.99. The number of fused-ring (bicyclic) bond motifs is 2. The first kappa shape index (κ1) is 17.0. The second-order valence-electron chi connectivity index (χ2n) is 7.43. The van der Waals surface area contributed by atoms with Crippen molar-refractivity contribution in [2.45, 2.75) is 48.2 Å². The molecule has 0 bridgehead atoms. The van der Waals surface area contributed by atoms with E-state index in [1.807, 2.05) is 24.4 Å². The van der Waals surface area contributed by atoms with Gasteiger partial charge < -0.3 is 4.98 Å². The molecule has 1 atom stereocenters. The zero-order valence-corrected chi connectivity index (χ0v) is 16.2. The first-order valence-electron chi connectivity index (χ1n) is 9.87. The molecule has 5 heteroatoms. The van der Waals surface area contributed by atoms with Crippen molar-refractivity contribution in [3.63, 3.8) is 0 Å². The standard InChI is InChI=1S/C22H24N4S/c1-3-12-23-20(6-1)27-21-10-9-19-22(25-21)18(15-24-19)16-7-8-17-5-2-4-13-26(17)14-11-16/h1,3,6,9-12,15,17,24H,2,4-5,7-8,13-14H2. The van der Waals surface area contributed by atoms with Crippen molar-refractivity contribution < 1.29 is 0 Å². The molecule has 0 aromatic carbocycles. The molecule has 4 nitrogen and oxygen atoms in total. The topological polar surface area (TPSA) is 44.8 Å². The van der Waals surface area contributed by atoms with Crippen LogP contribution in [0.5, 0.6) is 0 Å². The van der Waals surface area contributed by atoms with Crippen LogP contribution in [0.1, 0.15) is 37.7 Å². The number of piperidine rings is 1. The third kappa shape index (κ3) is 3.54. The van der Waals surface area contributed by atoms with E-state index in [-0.39, 0.29) is 0 Å². The minimum absolute atomic E-state index is 0.765. The molecule has 5 heterocycles. The summed E-state index contributed by atoms with van der Waals surface area (Å²) in [4.78, 5) is 15.5. The van der Waals surface area contributed by atoms with Crippen molar-refractivity contribution in [2.75, 3.05) is 13.1 Å². The molecule has 1 unspecified atom stereocenters. The summed E-state index contributed by atoms with van der Waals surface area (Å²) in [6.45, 7) is 2.33. The number of hydrogen-bond donors (Lipinski definition) is 1. The molecule has 1 fully saturated rings. The van der Waals surface area contributed by atoms with E-state index in [2.05, 4.69) is 39.3 Å². The van der Waals surface area contributed by atoms with Gasteiger partial charge in [-0.1, -0.05) is 30.3 Å². The highest BCUT2D eigenvalue weighted by Crippen LogP contribution is 2.34. The monoisotopic (exact) mass is 376 g/mol. The van der Waals surface area contributed by atoms with Crippen LogP contribution in [0.2, 0.25) is 0 Å². The van der Waals surface area contributed by atoms with Crippen LogP contribution in [0.25, 0.3) is 16.6 Å². The number of aromatic amines is 1. The number of H-pyrrole nitrogens is 1. The van der Waals surface area contributed by atoms with Gasteiger partial charge in [0.05, 0.1) is 11.0 Å². The molecule has 1 N–H and O–H groups in total. The van der Waals surface area contributed by atoms with Crippen molar-refractivity contribution in [3.05, 3.63) is 54.4 Å². The van der Waals surface area contributed by atoms with Gasteiger partial charge in [0.25, 0.3) is 0 Å². The van der Waals surface area contributed by atoms with Crippen molar-refractivity contribution in [2.24, 2.45) is 0 Å². The summed E-state index contributed by atoms with van der Waals surface area (Å²) in [5, 5.41) is 1.97. The zero-order chi connectivity index (χ0) is 18.1. The zero-order valence-electron chi connectivity index (χ0n) is 15.4. The summed E-state index contributed by atoms with van der Waals surface area (Å²) in [5.41, 5.74) is 4.91. The maximum absolute atomic E-state index is 4.96. The van der Waals surface area contributed by atoms with Gasteiger partial charge >= 0.3 is 0 Å². The average Bonchev–Trinajstić information content (AvgIpc) is 3.00. The molecular weight excluding hydrogens is 352 g/mol. The van der Waals surface area contributed by atoms with E-state index in [9.17, 15) is 0 Å². The van der Waals surface area contributed by atoms with Gasteiger partial charge in [0, 0.05) is 30.5 Å². The van der Waals surface area contributed by atoms with Gasteiger partial charge in [-0.2, -0.15) is 0 Å². The fraction of sp³-hybridized carbons (Fsp3) is 0.364. The Hall–Kier alpha value is -2.11. The van der Waals surface area contributed by atoms with E-state index in [4.69, 9.17) is 4.98 Å². The molecule has 0 amide bonds. The van der Waals surface area contributed by atoms with Crippen LogP contribution in [0, 0.1) is 0 Å². The molecule has 2 aliphatic rings. The summed E-state index contributed by atoms with van der Waals surface area (Å²) in [5.74, 6) is 0. The average molecular weight is 377 g/mol. The third-order valence-electron chi connectivity index (χ3n) is 5.76. The molecule has 138 valence electrons. The molecule has 3 aromatic rings. The second kappa shape index (κ2) is 7.49. The number of allylic oxidation sites excluding steroid dienone is 1. The molecule has 0 aliphatic carbocycles. The fourth-order valence-electron chi connectivity index (χ4n) is 4.32. The first-order chi connectivity index (χ1) is 13.4. The SMILES string of the molecule is C1=C(c2c[nH]c3ccc(Sc4ccccn4)nc23)CCC2CCCCN2C1. The minimum atomic E-state index is 0.765. The molecule has 27 heavy (non-hydrogen) atoms. The lowest BCUT2D eigenvalue weighted by atomic mass is 9.96. The largest absolute Gasteiger partial charge is 0.359 e. The van der Waals surface area contributed by atoms with Gasteiger partial charge in [0.1, 0.15) is 10.1 Å². The number of pyridine rings is 2. The number of rotatable bonds is 3. The van der Waals surface area contributed by atoms with Crippen LogP contribution < -0.4 is 0 Å². The predicted octanol–water partition coefficient (Wildman–Crippen LogP) is 5.14. The lowest BCUT2D eigenvalue weighted by Crippen LogP contribution is -2.38. The Labute approximate surface area is 164 Å². The summed E-state index contributed by atoms with van der Waals surface area (Å²) < 4.78 is 0. The summed E-state index contributed by atoms with van der Waals surface area (Å²) in [6, 6.07) is 11.0. The van der Waals surface area contributed by atoms with E-state index < -0.39 is 0 Å². The van der Waals surface area contributed by atoms with Gasteiger partial charge in [0.15, 0.2) is 0 Å². The minimum Gasteiger partial charge on any atom is -0.359 e. The van der Waals surface area contributed by atoms with Crippen molar-refractivity contribution >= 4 is 28.4 Å². The van der Waals surface area contributed by atoms with Crippen LogP contribution >= 0.6 is 11.8 Å². The third-order valence-corrected chi connectivity index (χ3v) is 6.64. The summed E-state index contributed by atoms with van der Waals surface area (Å²) >= 11 is 1.62. The van der Waals surface area contributed by atoms with Gasteiger partial charge in [0.2, 0.25) is 0 Å². The van der Waals surface area contributed by atoms with E-state index in [1.54, 1.807) is 11.8 Å². The van der Waals surface area contributed by atoms with E-state index in [0.29, 0.717) is 0 Å². The van der Waals surface area contributed by atoms with Crippen LogP contribution in [-0.2, 0) is 0 Å². The molecule has 5 rings (SSSR count). The molecule has 0 spiro atoms. The molecular formula is C22H24N4S. The Morgan fingerprint density at radius 3 is 3.00 bits per heavy atom. The Balaban J connectivity index is 1.44. The number of nitrogens with one attached hydrogen (secondary N) is 1. The fourth-order valence-corrected chi connectivity index (χ4v) is 5.07. The Kier molecular flexibility index (Phi) is 4.72. The molecule has 2 aliphatic heterocycles. The van der Waals surface area contributed by atoms with Crippen molar-refractivity contribution in [3.8, 4) is 0 Å².